The lowest BCUT2D eigenvalue weighted by Crippen LogP contribution is -2.04. The van der Waals surface area contributed by atoms with Crippen molar-refractivity contribution in [3.8, 4) is 0 Å². The molecule has 0 unspecified atom stereocenters. The van der Waals surface area contributed by atoms with E-state index in [0.29, 0.717) is 16.7 Å². The van der Waals surface area contributed by atoms with Crippen LogP contribution < -0.4 is 5.32 Å². The van der Waals surface area contributed by atoms with E-state index in [1.54, 1.807) is 12.1 Å². The predicted molar refractivity (Wildman–Crippen MR) is 76.2 cm³/mol. The van der Waals surface area contributed by atoms with Crippen LogP contribution in [0.2, 0.25) is 0 Å². The summed E-state index contributed by atoms with van der Waals surface area (Å²) in [7, 11) is 0. The number of nitrogens with one attached hydrogen (secondary N) is 2. The molecule has 1 aromatic carbocycles. The van der Waals surface area contributed by atoms with E-state index in [1.807, 2.05) is 13.8 Å². The molecule has 0 saturated carbocycles. The molecule has 19 heavy (non-hydrogen) atoms. The van der Waals surface area contributed by atoms with Gasteiger partial charge in [-0.3, -0.25) is 15.2 Å². The average molecular weight is 325 g/mol. The molecule has 100 valence electrons. The lowest BCUT2D eigenvalue weighted by Gasteiger charge is -2.07. The van der Waals surface area contributed by atoms with Crippen LogP contribution in [0.25, 0.3) is 0 Å². The molecule has 1 aromatic heterocycles. The van der Waals surface area contributed by atoms with Gasteiger partial charge in [-0.2, -0.15) is 5.10 Å². The van der Waals surface area contributed by atoms with E-state index in [0.717, 1.165) is 17.0 Å². The maximum Gasteiger partial charge on any atom is 0.293 e. The van der Waals surface area contributed by atoms with Crippen LogP contribution in [-0.2, 0) is 6.54 Å². The Morgan fingerprint density at radius 1 is 1.47 bits per heavy atom. The molecule has 0 aliphatic heterocycles. The van der Waals surface area contributed by atoms with Crippen molar-refractivity contribution >= 4 is 27.3 Å². The normalized spacial score (nSPS) is 10.5. The first-order chi connectivity index (χ1) is 8.99. The lowest BCUT2D eigenvalue weighted by atomic mass is 10.2. The fourth-order valence-corrected chi connectivity index (χ4v) is 2.17. The van der Waals surface area contributed by atoms with Crippen molar-refractivity contribution < 1.29 is 4.92 Å². The smallest absolute Gasteiger partial charge is 0.293 e. The molecule has 0 atom stereocenters. The van der Waals surface area contributed by atoms with Gasteiger partial charge in [-0.25, -0.2) is 0 Å². The first kappa shape index (κ1) is 13.5. The first-order valence-corrected chi connectivity index (χ1v) is 6.46. The summed E-state index contributed by atoms with van der Waals surface area (Å²) in [5.74, 6) is 0. The highest BCUT2D eigenvalue weighted by molar-refractivity contribution is 9.10. The van der Waals surface area contributed by atoms with Gasteiger partial charge in [0.15, 0.2) is 0 Å². The summed E-state index contributed by atoms with van der Waals surface area (Å²) in [6, 6.07) is 4.94. The Morgan fingerprint density at radius 3 is 2.79 bits per heavy atom. The van der Waals surface area contributed by atoms with Crippen molar-refractivity contribution in [2.24, 2.45) is 0 Å². The van der Waals surface area contributed by atoms with Gasteiger partial charge in [-0.15, -0.1) is 0 Å². The van der Waals surface area contributed by atoms with Crippen LogP contribution in [0.15, 0.2) is 22.7 Å². The highest BCUT2D eigenvalue weighted by Crippen LogP contribution is 2.28. The fraction of sp³-hybridized carbons (Fsp3) is 0.250. The van der Waals surface area contributed by atoms with E-state index in [9.17, 15) is 10.1 Å². The average Bonchev–Trinajstić information content (AvgIpc) is 2.68. The third-order valence-corrected chi connectivity index (χ3v) is 3.39. The Kier molecular flexibility index (Phi) is 3.84. The van der Waals surface area contributed by atoms with Gasteiger partial charge in [0.2, 0.25) is 0 Å². The van der Waals surface area contributed by atoms with Crippen LogP contribution in [-0.4, -0.2) is 15.1 Å². The highest BCUT2D eigenvalue weighted by Gasteiger charge is 2.15. The first-order valence-electron chi connectivity index (χ1n) is 5.67. The highest BCUT2D eigenvalue weighted by atomic mass is 79.9. The number of anilines is 1. The number of nitrogens with zero attached hydrogens (tertiary/aromatic N) is 2. The summed E-state index contributed by atoms with van der Waals surface area (Å²) in [4.78, 5) is 10.6. The summed E-state index contributed by atoms with van der Waals surface area (Å²) < 4.78 is 0.681. The molecule has 0 aliphatic carbocycles. The van der Waals surface area contributed by atoms with Crippen molar-refractivity contribution in [1.29, 1.82) is 0 Å². The SMILES string of the molecule is Cc1n[nH]c(C)c1CNc1ccc(Br)cc1[N+](=O)[O-]. The molecule has 0 aliphatic rings. The standard InChI is InChI=1S/C12H13BrN4O2/c1-7-10(8(2)16-15-7)6-14-11-4-3-9(13)5-12(11)17(18)19/h3-5,14H,6H2,1-2H3,(H,15,16). The molecule has 0 radical (unpaired) electrons. The van der Waals surface area contributed by atoms with Crippen molar-refractivity contribution in [2.45, 2.75) is 20.4 Å². The zero-order valence-electron chi connectivity index (χ0n) is 10.5. The number of aryl methyl sites for hydroxylation is 2. The van der Waals surface area contributed by atoms with E-state index in [2.05, 4.69) is 31.4 Å². The Labute approximate surface area is 118 Å². The molecule has 0 fully saturated rings. The molecule has 6 nitrogen and oxygen atoms in total. The van der Waals surface area contributed by atoms with Gasteiger partial charge >= 0.3 is 0 Å². The molecule has 0 spiro atoms. The second-order valence-electron chi connectivity index (χ2n) is 4.18. The maximum absolute atomic E-state index is 11.0. The maximum atomic E-state index is 11.0. The minimum Gasteiger partial charge on any atom is -0.375 e. The number of rotatable bonds is 4. The Balaban J connectivity index is 2.23. The number of hydrogen-bond donors (Lipinski definition) is 2. The summed E-state index contributed by atoms with van der Waals surface area (Å²) in [5, 5.41) is 21.1. The van der Waals surface area contributed by atoms with E-state index < -0.39 is 4.92 Å². The number of hydrogen-bond acceptors (Lipinski definition) is 4. The van der Waals surface area contributed by atoms with E-state index in [4.69, 9.17) is 0 Å². The van der Waals surface area contributed by atoms with E-state index in [-0.39, 0.29) is 5.69 Å². The van der Waals surface area contributed by atoms with E-state index in [1.165, 1.54) is 6.07 Å². The number of nitro groups is 1. The molecule has 2 rings (SSSR count). The van der Waals surface area contributed by atoms with Crippen molar-refractivity contribution in [2.75, 3.05) is 5.32 Å². The zero-order valence-corrected chi connectivity index (χ0v) is 12.1. The summed E-state index contributed by atoms with van der Waals surface area (Å²) >= 11 is 3.23. The molecule has 0 amide bonds. The number of aromatic nitrogens is 2. The summed E-state index contributed by atoms with van der Waals surface area (Å²) in [6.07, 6.45) is 0. The number of aromatic amines is 1. The molecule has 0 bridgehead atoms. The third-order valence-electron chi connectivity index (χ3n) is 2.89. The second-order valence-corrected chi connectivity index (χ2v) is 5.10. The zero-order chi connectivity index (χ0) is 14.0. The number of halogens is 1. The number of H-pyrrole nitrogens is 1. The Bertz CT molecular complexity index is 605. The van der Waals surface area contributed by atoms with Crippen LogP contribution in [0, 0.1) is 24.0 Å². The third kappa shape index (κ3) is 2.93. The van der Waals surface area contributed by atoms with Gasteiger partial charge in [0.25, 0.3) is 5.69 Å². The molecular weight excluding hydrogens is 312 g/mol. The van der Waals surface area contributed by atoms with Gasteiger partial charge in [-0.1, -0.05) is 15.9 Å². The molecule has 0 saturated heterocycles. The second kappa shape index (κ2) is 5.40. The molecule has 2 N–H and O–H groups in total. The van der Waals surface area contributed by atoms with Gasteiger partial charge < -0.3 is 5.32 Å². The predicted octanol–water partition coefficient (Wildman–Crippen LogP) is 3.31. The monoisotopic (exact) mass is 324 g/mol. The molecule has 7 heteroatoms. The minimum absolute atomic E-state index is 0.0492. The van der Waals surface area contributed by atoms with Crippen LogP contribution in [0.4, 0.5) is 11.4 Å². The molecule has 1 heterocycles. The van der Waals surface area contributed by atoms with Crippen molar-refractivity contribution in [3.63, 3.8) is 0 Å². The molecular formula is C12H13BrN4O2. The Morgan fingerprint density at radius 2 is 2.21 bits per heavy atom. The van der Waals surface area contributed by atoms with Crippen LogP contribution >= 0.6 is 15.9 Å². The van der Waals surface area contributed by atoms with Gasteiger partial charge in [0, 0.05) is 28.3 Å². The fourth-order valence-electron chi connectivity index (χ4n) is 1.82. The van der Waals surface area contributed by atoms with Crippen molar-refractivity contribution in [3.05, 3.63) is 49.7 Å². The van der Waals surface area contributed by atoms with Gasteiger partial charge in [-0.05, 0) is 26.0 Å². The summed E-state index contributed by atoms with van der Waals surface area (Å²) in [6.45, 7) is 4.32. The van der Waals surface area contributed by atoms with Crippen LogP contribution in [0.1, 0.15) is 17.0 Å². The van der Waals surface area contributed by atoms with Crippen molar-refractivity contribution in [1.82, 2.24) is 10.2 Å². The summed E-state index contributed by atoms with van der Waals surface area (Å²) in [5.41, 5.74) is 3.42. The number of benzene rings is 1. The van der Waals surface area contributed by atoms with Gasteiger partial charge in [0.05, 0.1) is 10.6 Å². The van der Waals surface area contributed by atoms with Gasteiger partial charge in [0.1, 0.15) is 5.69 Å². The van der Waals surface area contributed by atoms with Crippen LogP contribution in [0.5, 0.6) is 0 Å². The topological polar surface area (TPSA) is 83.8 Å². The van der Waals surface area contributed by atoms with E-state index >= 15 is 0 Å². The Hall–Kier alpha value is -1.89. The minimum atomic E-state index is -0.401. The quantitative estimate of drug-likeness (QED) is 0.667. The van der Waals surface area contributed by atoms with Crippen LogP contribution in [0.3, 0.4) is 0 Å². The molecule has 2 aromatic rings. The lowest BCUT2D eigenvalue weighted by molar-refractivity contribution is -0.384. The number of nitro benzene ring substituents is 1. The largest absolute Gasteiger partial charge is 0.375 e.